The van der Waals surface area contributed by atoms with Gasteiger partial charge in [0.15, 0.2) is 6.29 Å². The van der Waals surface area contributed by atoms with E-state index in [2.05, 4.69) is 41.5 Å². The molecule has 114 valence electrons. The molecular weight excluding hydrogens is 236 g/mol. The Balaban J connectivity index is 2.67. The smallest absolute Gasteiger partial charge is 0.155 e. The number of hydrogen-bond donors (Lipinski definition) is 0. The van der Waals surface area contributed by atoms with Crippen LogP contribution < -0.4 is 0 Å². The first-order valence-electron chi connectivity index (χ1n) is 8.01. The van der Waals surface area contributed by atoms with E-state index in [1.807, 2.05) is 6.92 Å². The van der Waals surface area contributed by atoms with Crippen molar-refractivity contribution in [2.45, 2.75) is 99.1 Å². The van der Waals surface area contributed by atoms with Gasteiger partial charge in [-0.15, -0.1) is 0 Å². The first-order chi connectivity index (χ1) is 8.70. The first kappa shape index (κ1) is 17.0. The molecular formula is C17H34O2. The molecule has 0 aromatic rings. The van der Waals surface area contributed by atoms with Gasteiger partial charge < -0.3 is 9.47 Å². The Hall–Kier alpha value is -0.0800. The Labute approximate surface area is 120 Å². The fraction of sp³-hybridized carbons (Fsp3) is 1.00. The van der Waals surface area contributed by atoms with Crippen LogP contribution in [0, 0.1) is 10.8 Å². The molecule has 0 N–H and O–H groups in total. The maximum atomic E-state index is 6.06. The molecule has 2 nitrogen and oxygen atoms in total. The average Bonchev–Trinajstić information content (AvgIpc) is 2.27. The van der Waals surface area contributed by atoms with Crippen LogP contribution in [-0.2, 0) is 9.47 Å². The molecule has 1 saturated heterocycles. The van der Waals surface area contributed by atoms with Crippen molar-refractivity contribution in [2.75, 3.05) is 0 Å². The van der Waals surface area contributed by atoms with Crippen LogP contribution in [0.5, 0.6) is 0 Å². The summed E-state index contributed by atoms with van der Waals surface area (Å²) < 4.78 is 12.1. The fourth-order valence-electron chi connectivity index (χ4n) is 3.08. The van der Waals surface area contributed by atoms with E-state index in [9.17, 15) is 0 Å². The molecule has 0 aliphatic carbocycles. The summed E-state index contributed by atoms with van der Waals surface area (Å²) in [6.45, 7) is 15.9. The van der Waals surface area contributed by atoms with Gasteiger partial charge in [0.05, 0.1) is 12.2 Å². The second-order valence-corrected chi connectivity index (χ2v) is 7.65. The van der Waals surface area contributed by atoms with E-state index in [1.54, 1.807) is 0 Å². The molecule has 0 aromatic heterocycles. The van der Waals surface area contributed by atoms with Crippen LogP contribution in [0.25, 0.3) is 0 Å². The molecule has 0 aromatic carbocycles. The van der Waals surface area contributed by atoms with Crippen molar-refractivity contribution in [1.29, 1.82) is 0 Å². The summed E-state index contributed by atoms with van der Waals surface area (Å²) in [7, 11) is 0. The van der Waals surface area contributed by atoms with E-state index in [1.165, 1.54) is 19.3 Å². The maximum Gasteiger partial charge on any atom is 0.155 e. The summed E-state index contributed by atoms with van der Waals surface area (Å²) in [6, 6.07) is 0. The van der Waals surface area contributed by atoms with E-state index >= 15 is 0 Å². The zero-order valence-electron chi connectivity index (χ0n) is 14.1. The largest absolute Gasteiger partial charge is 0.350 e. The summed E-state index contributed by atoms with van der Waals surface area (Å²) in [5.41, 5.74) is 0.614. The van der Waals surface area contributed by atoms with Crippen LogP contribution >= 0.6 is 0 Å². The van der Waals surface area contributed by atoms with Crippen molar-refractivity contribution in [3.05, 3.63) is 0 Å². The molecule has 1 aliphatic heterocycles. The van der Waals surface area contributed by atoms with Gasteiger partial charge in [0, 0.05) is 6.42 Å². The fourth-order valence-corrected chi connectivity index (χ4v) is 3.08. The van der Waals surface area contributed by atoms with Crippen molar-refractivity contribution < 1.29 is 9.47 Å². The quantitative estimate of drug-likeness (QED) is 0.663. The molecule has 1 aliphatic rings. The minimum Gasteiger partial charge on any atom is -0.350 e. The summed E-state index contributed by atoms with van der Waals surface area (Å²) in [6.07, 6.45) is 6.42. The summed E-state index contributed by atoms with van der Waals surface area (Å²) >= 11 is 0. The summed E-state index contributed by atoms with van der Waals surface area (Å²) in [5, 5.41) is 0. The summed E-state index contributed by atoms with van der Waals surface area (Å²) in [4.78, 5) is 0. The molecule has 0 amide bonds. The molecule has 3 unspecified atom stereocenters. The van der Waals surface area contributed by atoms with Gasteiger partial charge in [0.25, 0.3) is 0 Å². The highest BCUT2D eigenvalue weighted by atomic mass is 16.7. The van der Waals surface area contributed by atoms with Gasteiger partial charge in [0.1, 0.15) is 0 Å². The minimum atomic E-state index is -0.0625. The van der Waals surface area contributed by atoms with Crippen LogP contribution in [0.15, 0.2) is 0 Å². The van der Waals surface area contributed by atoms with E-state index in [0.29, 0.717) is 17.6 Å². The molecule has 2 heteroatoms. The monoisotopic (exact) mass is 270 g/mol. The first-order valence-corrected chi connectivity index (χ1v) is 8.01. The minimum absolute atomic E-state index is 0.0625. The van der Waals surface area contributed by atoms with E-state index in [-0.39, 0.29) is 11.7 Å². The standard InChI is InChI=1S/C17H34O2/c1-8-10-17(6,7)15-11-14(18-13(3)19-15)12-16(4,5)9-2/h13-15H,8-12H2,1-7H3. The van der Waals surface area contributed by atoms with Crippen molar-refractivity contribution in [2.24, 2.45) is 10.8 Å². The SMILES string of the molecule is CCCC(C)(C)C1CC(CC(C)(C)CC)OC(C)O1. The van der Waals surface area contributed by atoms with Gasteiger partial charge in [-0.05, 0) is 30.6 Å². The topological polar surface area (TPSA) is 18.5 Å². The Bertz CT molecular complexity index is 270. The third kappa shape index (κ3) is 5.07. The van der Waals surface area contributed by atoms with E-state index in [0.717, 1.165) is 12.8 Å². The third-order valence-electron chi connectivity index (χ3n) is 4.72. The predicted octanol–water partition coefficient (Wildman–Crippen LogP) is 5.16. The van der Waals surface area contributed by atoms with Crippen LogP contribution in [0.3, 0.4) is 0 Å². The van der Waals surface area contributed by atoms with Crippen LogP contribution in [0.2, 0.25) is 0 Å². The highest BCUT2D eigenvalue weighted by molar-refractivity contribution is 4.86. The Morgan fingerprint density at radius 1 is 1.05 bits per heavy atom. The van der Waals surface area contributed by atoms with E-state index < -0.39 is 0 Å². The van der Waals surface area contributed by atoms with Gasteiger partial charge in [-0.3, -0.25) is 0 Å². The lowest BCUT2D eigenvalue weighted by Crippen LogP contribution is -2.45. The van der Waals surface area contributed by atoms with Gasteiger partial charge in [0.2, 0.25) is 0 Å². The molecule has 0 radical (unpaired) electrons. The maximum absolute atomic E-state index is 6.06. The third-order valence-corrected chi connectivity index (χ3v) is 4.72. The summed E-state index contributed by atoms with van der Waals surface area (Å²) in [5.74, 6) is 0. The van der Waals surface area contributed by atoms with E-state index in [4.69, 9.17) is 9.47 Å². The van der Waals surface area contributed by atoms with Gasteiger partial charge in [-0.25, -0.2) is 0 Å². The number of rotatable bonds is 6. The molecule has 0 spiro atoms. The Kier molecular flexibility index (Phi) is 5.88. The predicted molar refractivity (Wildman–Crippen MR) is 81.2 cm³/mol. The van der Waals surface area contributed by atoms with Crippen molar-refractivity contribution in [3.8, 4) is 0 Å². The molecule has 19 heavy (non-hydrogen) atoms. The second kappa shape index (κ2) is 6.58. The average molecular weight is 270 g/mol. The molecule has 0 saturated carbocycles. The molecule has 1 rings (SSSR count). The van der Waals surface area contributed by atoms with Crippen LogP contribution in [0.1, 0.15) is 80.6 Å². The van der Waals surface area contributed by atoms with Gasteiger partial charge >= 0.3 is 0 Å². The molecule has 3 atom stereocenters. The van der Waals surface area contributed by atoms with Gasteiger partial charge in [-0.1, -0.05) is 54.4 Å². The lowest BCUT2D eigenvalue weighted by Gasteiger charge is -2.44. The molecule has 0 bridgehead atoms. The van der Waals surface area contributed by atoms with Crippen molar-refractivity contribution in [1.82, 2.24) is 0 Å². The lowest BCUT2D eigenvalue weighted by molar-refractivity contribution is -0.260. The van der Waals surface area contributed by atoms with Gasteiger partial charge in [-0.2, -0.15) is 0 Å². The zero-order chi connectivity index (χ0) is 14.7. The number of ether oxygens (including phenoxy) is 2. The number of hydrogen-bond acceptors (Lipinski definition) is 2. The van der Waals surface area contributed by atoms with Crippen LogP contribution in [0.4, 0.5) is 0 Å². The normalized spacial score (nSPS) is 29.5. The second-order valence-electron chi connectivity index (χ2n) is 7.65. The zero-order valence-corrected chi connectivity index (χ0v) is 14.1. The van der Waals surface area contributed by atoms with Crippen molar-refractivity contribution >= 4 is 0 Å². The highest BCUT2D eigenvalue weighted by Crippen LogP contribution is 2.39. The highest BCUT2D eigenvalue weighted by Gasteiger charge is 2.38. The van der Waals surface area contributed by atoms with Crippen molar-refractivity contribution in [3.63, 3.8) is 0 Å². The lowest BCUT2D eigenvalue weighted by atomic mass is 9.76. The Morgan fingerprint density at radius 3 is 2.21 bits per heavy atom. The van der Waals surface area contributed by atoms with Crippen LogP contribution in [-0.4, -0.2) is 18.5 Å². The molecule has 1 heterocycles. The molecule has 1 fully saturated rings. The Morgan fingerprint density at radius 2 is 1.68 bits per heavy atom.